The van der Waals surface area contributed by atoms with E-state index in [1.54, 1.807) is 0 Å². The predicted octanol–water partition coefficient (Wildman–Crippen LogP) is 3.80. The van der Waals surface area contributed by atoms with Gasteiger partial charge in [0.2, 0.25) is 0 Å². The molecule has 19 heavy (non-hydrogen) atoms. The lowest BCUT2D eigenvalue weighted by atomic mass is 10.0. The van der Waals surface area contributed by atoms with Crippen LogP contribution in [0.15, 0.2) is 48.5 Å². The highest BCUT2D eigenvalue weighted by atomic mass is 32.1. The van der Waals surface area contributed by atoms with Gasteiger partial charge in [-0.1, -0.05) is 48.6 Å². The summed E-state index contributed by atoms with van der Waals surface area (Å²) in [7, 11) is 0. The minimum absolute atomic E-state index is 0.0533. The molecule has 0 aromatic heterocycles. The third-order valence-corrected chi connectivity index (χ3v) is 3.66. The van der Waals surface area contributed by atoms with Gasteiger partial charge in [0.25, 0.3) is 0 Å². The van der Waals surface area contributed by atoms with Crippen LogP contribution in [0.4, 0.5) is 5.69 Å². The van der Waals surface area contributed by atoms with E-state index in [4.69, 9.17) is 17.0 Å². The van der Waals surface area contributed by atoms with Crippen molar-refractivity contribution < 1.29 is 4.74 Å². The minimum Gasteiger partial charge on any atom is -0.481 e. The van der Waals surface area contributed by atoms with E-state index in [9.17, 15) is 0 Å². The zero-order valence-corrected chi connectivity index (χ0v) is 11.5. The van der Waals surface area contributed by atoms with Crippen LogP contribution in [0, 0.1) is 0 Å². The molecule has 3 rings (SSSR count). The molecule has 0 aliphatic carbocycles. The van der Waals surface area contributed by atoms with E-state index >= 15 is 0 Å². The van der Waals surface area contributed by atoms with E-state index in [0.717, 1.165) is 22.8 Å². The quantitative estimate of drug-likeness (QED) is 0.838. The minimum atomic E-state index is -0.0533. The first-order valence-corrected chi connectivity index (χ1v) is 6.77. The summed E-state index contributed by atoms with van der Waals surface area (Å²) in [5, 5.41) is 3.24. The molecular formula is C16H15NOS. The lowest BCUT2D eigenvalue weighted by Crippen LogP contribution is -2.32. The molecule has 0 radical (unpaired) electrons. The highest BCUT2D eigenvalue weighted by Crippen LogP contribution is 2.31. The zero-order chi connectivity index (χ0) is 13.2. The van der Waals surface area contributed by atoms with E-state index in [1.807, 2.05) is 19.1 Å². The zero-order valence-electron chi connectivity index (χ0n) is 10.7. The SMILES string of the molecule is CC1Oc2ccc(Cc3ccccc3)cc2NC1=S. The fourth-order valence-electron chi connectivity index (χ4n) is 2.20. The molecule has 0 fully saturated rings. The maximum Gasteiger partial charge on any atom is 0.146 e. The van der Waals surface area contributed by atoms with Crippen LogP contribution in [0.25, 0.3) is 0 Å². The summed E-state index contributed by atoms with van der Waals surface area (Å²) < 4.78 is 5.75. The van der Waals surface area contributed by atoms with Crippen molar-refractivity contribution in [2.45, 2.75) is 19.4 Å². The van der Waals surface area contributed by atoms with Gasteiger partial charge in [-0.15, -0.1) is 0 Å². The van der Waals surface area contributed by atoms with E-state index in [2.05, 4.69) is 41.7 Å². The number of fused-ring (bicyclic) bond motifs is 1. The van der Waals surface area contributed by atoms with Gasteiger partial charge < -0.3 is 10.1 Å². The fraction of sp³-hybridized carbons (Fsp3) is 0.188. The number of nitrogens with one attached hydrogen (secondary N) is 1. The molecule has 2 aromatic carbocycles. The van der Waals surface area contributed by atoms with Crippen molar-refractivity contribution in [2.24, 2.45) is 0 Å². The van der Waals surface area contributed by atoms with Crippen LogP contribution in [-0.2, 0) is 6.42 Å². The third-order valence-electron chi connectivity index (χ3n) is 3.23. The van der Waals surface area contributed by atoms with Crippen molar-refractivity contribution in [1.29, 1.82) is 0 Å². The fourth-order valence-corrected chi connectivity index (χ4v) is 2.36. The summed E-state index contributed by atoms with van der Waals surface area (Å²) in [5.74, 6) is 0.873. The first-order chi connectivity index (χ1) is 9.22. The number of hydrogen-bond acceptors (Lipinski definition) is 2. The Balaban J connectivity index is 1.86. The number of anilines is 1. The number of thiocarbonyl (C=S) groups is 1. The van der Waals surface area contributed by atoms with Crippen molar-refractivity contribution >= 4 is 22.9 Å². The second-order valence-electron chi connectivity index (χ2n) is 4.74. The van der Waals surface area contributed by atoms with Crippen molar-refractivity contribution in [3.05, 3.63) is 59.7 Å². The van der Waals surface area contributed by atoms with Gasteiger partial charge in [0.05, 0.1) is 5.69 Å². The van der Waals surface area contributed by atoms with Crippen LogP contribution in [0.5, 0.6) is 5.75 Å². The molecule has 2 nitrogen and oxygen atoms in total. The van der Waals surface area contributed by atoms with Crippen molar-refractivity contribution in [1.82, 2.24) is 0 Å². The summed E-state index contributed by atoms with van der Waals surface area (Å²) in [4.78, 5) is 0.740. The van der Waals surface area contributed by atoms with Crippen LogP contribution in [0.3, 0.4) is 0 Å². The van der Waals surface area contributed by atoms with E-state index < -0.39 is 0 Å². The Morgan fingerprint density at radius 2 is 1.89 bits per heavy atom. The predicted molar refractivity (Wildman–Crippen MR) is 82.0 cm³/mol. The second kappa shape index (κ2) is 5.02. The molecule has 0 bridgehead atoms. The van der Waals surface area contributed by atoms with Gasteiger partial charge in [-0.3, -0.25) is 0 Å². The van der Waals surface area contributed by atoms with Crippen LogP contribution in [0.2, 0.25) is 0 Å². The van der Waals surface area contributed by atoms with Crippen molar-refractivity contribution in [2.75, 3.05) is 5.32 Å². The first kappa shape index (κ1) is 12.2. The summed E-state index contributed by atoms with van der Waals surface area (Å²) in [6.07, 6.45) is 0.862. The van der Waals surface area contributed by atoms with Gasteiger partial charge in [0.15, 0.2) is 0 Å². The highest BCUT2D eigenvalue weighted by molar-refractivity contribution is 7.80. The van der Waals surface area contributed by atoms with E-state index in [-0.39, 0.29) is 6.10 Å². The maximum atomic E-state index is 5.75. The summed E-state index contributed by atoms with van der Waals surface area (Å²) in [6, 6.07) is 16.7. The van der Waals surface area contributed by atoms with Crippen LogP contribution in [0.1, 0.15) is 18.1 Å². The summed E-state index contributed by atoms with van der Waals surface area (Å²) in [6.45, 7) is 1.95. The Morgan fingerprint density at radius 1 is 1.11 bits per heavy atom. The highest BCUT2D eigenvalue weighted by Gasteiger charge is 2.20. The van der Waals surface area contributed by atoms with Gasteiger partial charge >= 0.3 is 0 Å². The number of benzene rings is 2. The van der Waals surface area contributed by atoms with Gasteiger partial charge in [0, 0.05) is 0 Å². The number of hydrogen-bond donors (Lipinski definition) is 1. The Morgan fingerprint density at radius 3 is 2.68 bits per heavy atom. The van der Waals surface area contributed by atoms with Crippen LogP contribution in [-0.4, -0.2) is 11.1 Å². The van der Waals surface area contributed by atoms with Gasteiger partial charge in [-0.25, -0.2) is 0 Å². The lowest BCUT2D eigenvalue weighted by Gasteiger charge is -2.25. The molecule has 0 saturated heterocycles. The monoisotopic (exact) mass is 269 g/mol. The molecule has 3 heteroatoms. The topological polar surface area (TPSA) is 21.3 Å². The molecule has 0 amide bonds. The number of rotatable bonds is 2. The Hall–Kier alpha value is -1.87. The molecule has 2 aromatic rings. The average molecular weight is 269 g/mol. The molecule has 1 aliphatic heterocycles. The summed E-state index contributed by atoms with van der Waals surface area (Å²) >= 11 is 5.24. The number of ether oxygens (including phenoxy) is 1. The Bertz CT molecular complexity index is 609. The third kappa shape index (κ3) is 2.61. The normalized spacial score (nSPS) is 17.3. The molecule has 1 aliphatic rings. The van der Waals surface area contributed by atoms with Gasteiger partial charge in [0.1, 0.15) is 16.8 Å². The largest absolute Gasteiger partial charge is 0.481 e. The maximum absolute atomic E-state index is 5.75. The first-order valence-electron chi connectivity index (χ1n) is 6.37. The molecule has 1 N–H and O–H groups in total. The molecule has 1 unspecified atom stereocenters. The Labute approximate surface area is 118 Å². The summed E-state index contributed by atoms with van der Waals surface area (Å²) in [5.41, 5.74) is 3.52. The van der Waals surface area contributed by atoms with Crippen molar-refractivity contribution in [3.8, 4) is 5.75 Å². The molecule has 1 heterocycles. The van der Waals surface area contributed by atoms with Gasteiger partial charge in [-0.05, 0) is 36.6 Å². The van der Waals surface area contributed by atoms with Gasteiger partial charge in [-0.2, -0.15) is 0 Å². The average Bonchev–Trinajstić information content (AvgIpc) is 2.42. The second-order valence-corrected chi connectivity index (χ2v) is 5.18. The van der Waals surface area contributed by atoms with Crippen LogP contribution >= 0.6 is 12.2 Å². The Kier molecular flexibility index (Phi) is 3.22. The molecule has 0 saturated carbocycles. The van der Waals surface area contributed by atoms with Crippen molar-refractivity contribution in [3.63, 3.8) is 0 Å². The molecule has 96 valence electrons. The molecule has 0 spiro atoms. The smallest absolute Gasteiger partial charge is 0.146 e. The lowest BCUT2D eigenvalue weighted by molar-refractivity contribution is 0.285. The molecule has 1 atom stereocenters. The standard InChI is InChI=1S/C16H15NOS/c1-11-16(19)17-14-10-13(7-8-15(14)18-11)9-12-5-3-2-4-6-12/h2-8,10-11H,9H2,1H3,(H,17,19). The van der Waals surface area contributed by atoms with E-state index in [1.165, 1.54) is 11.1 Å². The molecular weight excluding hydrogens is 254 g/mol. The van der Waals surface area contributed by atoms with E-state index in [0.29, 0.717) is 0 Å². The van der Waals surface area contributed by atoms with Crippen LogP contribution < -0.4 is 10.1 Å².